The normalized spacial score (nSPS) is 12.9. The van der Waals surface area contributed by atoms with Crippen LogP contribution in [0.3, 0.4) is 0 Å². The molecule has 0 saturated carbocycles. The van der Waals surface area contributed by atoms with Crippen molar-refractivity contribution < 1.29 is 14.9 Å². The molecule has 0 fully saturated rings. The molecule has 0 aliphatic heterocycles. The maximum absolute atomic E-state index is 9.52. The number of rotatable bonds is 8. The molecule has 1 atom stereocenters. The van der Waals surface area contributed by atoms with Crippen LogP contribution in [-0.2, 0) is 11.3 Å². The van der Waals surface area contributed by atoms with E-state index in [2.05, 4.69) is 36.1 Å². The third-order valence-corrected chi connectivity index (χ3v) is 2.82. The van der Waals surface area contributed by atoms with Crippen molar-refractivity contribution in [2.24, 2.45) is 0 Å². The van der Waals surface area contributed by atoms with Gasteiger partial charge in [0.05, 0.1) is 19.3 Å². The van der Waals surface area contributed by atoms with Gasteiger partial charge in [-0.05, 0) is 12.5 Å². The van der Waals surface area contributed by atoms with Crippen molar-refractivity contribution in [2.45, 2.75) is 19.6 Å². The lowest BCUT2D eigenvalue weighted by molar-refractivity contribution is 0.0469. The molecule has 1 aromatic carbocycles. The standard InChI is InChI=1S/C14H23NO3/c1-12-3-5-13(6-4-12)9-15(7-8-18-2)10-14(17)11-16/h3-6,14,16-17H,7-11H2,1-2H3/t14-/m1/s1. The van der Waals surface area contributed by atoms with Crippen LogP contribution < -0.4 is 0 Å². The summed E-state index contributed by atoms with van der Waals surface area (Å²) in [5.41, 5.74) is 2.43. The number of nitrogens with zero attached hydrogens (tertiary/aromatic N) is 1. The van der Waals surface area contributed by atoms with Crippen LogP contribution >= 0.6 is 0 Å². The quantitative estimate of drug-likeness (QED) is 0.719. The average molecular weight is 253 g/mol. The van der Waals surface area contributed by atoms with Crippen molar-refractivity contribution in [3.63, 3.8) is 0 Å². The molecule has 4 heteroatoms. The van der Waals surface area contributed by atoms with Crippen molar-refractivity contribution in [1.82, 2.24) is 4.90 Å². The van der Waals surface area contributed by atoms with Gasteiger partial charge in [-0.15, -0.1) is 0 Å². The second-order valence-electron chi connectivity index (χ2n) is 4.55. The zero-order valence-corrected chi connectivity index (χ0v) is 11.2. The number of ether oxygens (including phenoxy) is 1. The van der Waals surface area contributed by atoms with E-state index in [-0.39, 0.29) is 6.61 Å². The molecule has 0 heterocycles. The van der Waals surface area contributed by atoms with Gasteiger partial charge in [-0.25, -0.2) is 0 Å². The minimum absolute atomic E-state index is 0.211. The molecule has 4 nitrogen and oxygen atoms in total. The van der Waals surface area contributed by atoms with E-state index >= 15 is 0 Å². The Kier molecular flexibility index (Phi) is 6.90. The van der Waals surface area contributed by atoms with Crippen LogP contribution in [0.15, 0.2) is 24.3 Å². The van der Waals surface area contributed by atoms with Crippen LogP contribution in [0.4, 0.5) is 0 Å². The molecule has 1 aromatic rings. The smallest absolute Gasteiger partial charge is 0.0897 e. The molecule has 0 bridgehead atoms. The summed E-state index contributed by atoms with van der Waals surface area (Å²) in [6.45, 7) is 4.40. The van der Waals surface area contributed by atoms with E-state index in [4.69, 9.17) is 9.84 Å². The number of benzene rings is 1. The van der Waals surface area contributed by atoms with Crippen molar-refractivity contribution >= 4 is 0 Å². The van der Waals surface area contributed by atoms with Crippen LogP contribution in [0.1, 0.15) is 11.1 Å². The highest BCUT2D eigenvalue weighted by molar-refractivity contribution is 5.21. The van der Waals surface area contributed by atoms with Crippen LogP contribution in [0, 0.1) is 6.92 Å². The molecule has 0 spiro atoms. The summed E-state index contributed by atoms with van der Waals surface area (Å²) in [5.74, 6) is 0. The van der Waals surface area contributed by atoms with E-state index in [0.29, 0.717) is 13.2 Å². The largest absolute Gasteiger partial charge is 0.394 e. The molecular formula is C14H23NO3. The summed E-state index contributed by atoms with van der Waals surface area (Å²) in [6, 6.07) is 8.32. The lowest BCUT2D eigenvalue weighted by atomic mass is 10.1. The van der Waals surface area contributed by atoms with Crippen LogP contribution in [0.25, 0.3) is 0 Å². The predicted molar refractivity (Wildman–Crippen MR) is 71.4 cm³/mol. The maximum Gasteiger partial charge on any atom is 0.0897 e. The summed E-state index contributed by atoms with van der Waals surface area (Å²) in [5, 5.41) is 18.4. The maximum atomic E-state index is 9.52. The van der Waals surface area contributed by atoms with Crippen LogP contribution in [0.2, 0.25) is 0 Å². The number of methoxy groups -OCH3 is 1. The fraction of sp³-hybridized carbons (Fsp3) is 0.571. The minimum atomic E-state index is -0.702. The average Bonchev–Trinajstić information content (AvgIpc) is 2.38. The van der Waals surface area contributed by atoms with E-state index in [0.717, 1.165) is 13.1 Å². The van der Waals surface area contributed by atoms with Crippen molar-refractivity contribution in [2.75, 3.05) is 33.4 Å². The zero-order chi connectivity index (χ0) is 13.4. The molecular weight excluding hydrogens is 230 g/mol. The van der Waals surface area contributed by atoms with E-state index in [1.54, 1.807) is 7.11 Å². The third-order valence-electron chi connectivity index (χ3n) is 2.82. The Balaban J connectivity index is 2.56. The van der Waals surface area contributed by atoms with Crippen LogP contribution in [0.5, 0.6) is 0 Å². The van der Waals surface area contributed by atoms with Crippen molar-refractivity contribution in [3.8, 4) is 0 Å². The summed E-state index contributed by atoms with van der Waals surface area (Å²) >= 11 is 0. The molecule has 0 aromatic heterocycles. The highest BCUT2D eigenvalue weighted by Crippen LogP contribution is 2.07. The molecule has 102 valence electrons. The second-order valence-corrected chi connectivity index (χ2v) is 4.55. The van der Waals surface area contributed by atoms with Gasteiger partial charge in [-0.3, -0.25) is 4.90 Å². The van der Waals surface area contributed by atoms with Gasteiger partial charge >= 0.3 is 0 Å². The highest BCUT2D eigenvalue weighted by Gasteiger charge is 2.11. The van der Waals surface area contributed by atoms with Crippen LogP contribution in [-0.4, -0.2) is 54.6 Å². The summed E-state index contributed by atoms with van der Waals surface area (Å²) in [6.07, 6.45) is -0.702. The Morgan fingerprint density at radius 1 is 1.28 bits per heavy atom. The first-order valence-electron chi connectivity index (χ1n) is 6.21. The fourth-order valence-electron chi connectivity index (χ4n) is 1.76. The molecule has 2 N–H and O–H groups in total. The number of aliphatic hydroxyl groups is 2. The van der Waals surface area contributed by atoms with E-state index in [1.165, 1.54) is 11.1 Å². The Morgan fingerprint density at radius 2 is 1.94 bits per heavy atom. The van der Waals surface area contributed by atoms with Crippen molar-refractivity contribution in [3.05, 3.63) is 35.4 Å². The first-order valence-corrected chi connectivity index (χ1v) is 6.21. The predicted octanol–water partition coefficient (Wildman–Crippen LogP) is 0.797. The Labute approximate surface area is 109 Å². The molecule has 0 aliphatic carbocycles. The molecule has 0 unspecified atom stereocenters. The second kappa shape index (κ2) is 8.21. The first-order chi connectivity index (χ1) is 8.65. The highest BCUT2D eigenvalue weighted by atomic mass is 16.5. The summed E-state index contributed by atoms with van der Waals surface area (Å²) in [7, 11) is 1.66. The van der Waals surface area contributed by atoms with E-state index < -0.39 is 6.10 Å². The van der Waals surface area contributed by atoms with Gasteiger partial charge in [-0.1, -0.05) is 29.8 Å². The van der Waals surface area contributed by atoms with Gasteiger partial charge in [0.25, 0.3) is 0 Å². The molecule has 0 aliphatic rings. The van der Waals surface area contributed by atoms with E-state index in [1.807, 2.05) is 0 Å². The number of hydrogen-bond donors (Lipinski definition) is 2. The lowest BCUT2D eigenvalue weighted by Crippen LogP contribution is -2.36. The molecule has 0 amide bonds. The molecule has 0 radical (unpaired) electrons. The monoisotopic (exact) mass is 253 g/mol. The number of aliphatic hydroxyl groups excluding tert-OH is 2. The van der Waals surface area contributed by atoms with Gasteiger partial charge in [0.2, 0.25) is 0 Å². The minimum Gasteiger partial charge on any atom is -0.394 e. The Morgan fingerprint density at radius 3 is 2.50 bits per heavy atom. The molecule has 18 heavy (non-hydrogen) atoms. The molecule has 1 rings (SSSR count). The van der Waals surface area contributed by atoms with Crippen molar-refractivity contribution in [1.29, 1.82) is 0 Å². The number of hydrogen-bond acceptors (Lipinski definition) is 4. The van der Waals surface area contributed by atoms with Gasteiger partial charge in [0.1, 0.15) is 0 Å². The Bertz CT molecular complexity index is 326. The number of aryl methyl sites for hydroxylation is 1. The fourth-order valence-corrected chi connectivity index (χ4v) is 1.76. The van der Waals surface area contributed by atoms with Gasteiger partial charge in [-0.2, -0.15) is 0 Å². The SMILES string of the molecule is COCCN(Cc1ccc(C)cc1)C[C@@H](O)CO. The third kappa shape index (κ3) is 5.60. The summed E-state index contributed by atoms with van der Waals surface area (Å²) in [4.78, 5) is 2.08. The zero-order valence-electron chi connectivity index (χ0n) is 11.2. The first kappa shape index (κ1) is 15.1. The lowest BCUT2D eigenvalue weighted by Gasteiger charge is -2.24. The van der Waals surface area contributed by atoms with Gasteiger partial charge in [0.15, 0.2) is 0 Å². The summed E-state index contributed by atoms with van der Waals surface area (Å²) < 4.78 is 5.06. The van der Waals surface area contributed by atoms with Gasteiger partial charge in [0, 0.05) is 26.7 Å². The van der Waals surface area contributed by atoms with E-state index in [9.17, 15) is 5.11 Å². The molecule has 0 saturated heterocycles. The Hall–Kier alpha value is -0.940. The topological polar surface area (TPSA) is 52.9 Å². The van der Waals surface area contributed by atoms with Gasteiger partial charge < -0.3 is 14.9 Å².